The van der Waals surface area contributed by atoms with Crippen molar-refractivity contribution < 1.29 is 19.8 Å². The number of aliphatic hydroxyl groups is 2. The highest BCUT2D eigenvalue weighted by atomic mass is 16.3. The zero-order valence-electron chi connectivity index (χ0n) is 8.17. The number of amides is 2. The maximum Gasteiger partial charge on any atom is 0.240 e. The number of β-amino-alcohol motifs (C(OH)–C–C–N with tert-alkyl or cyclic N) is 2. The fraction of sp³-hybridized carbons (Fsp3) is 0.750. The Kier molecular flexibility index (Phi) is 3.61. The summed E-state index contributed by atoms with van der Waals surface area (Å²) < 4.78 is 0. The predicted octanol–water partition coefficient (Wildman–Crippen LogP) is -3.25. The van der Waals surface area contributed by atoms with Crippen LogP contribution in [0.4, 0.5) is 0 Å². The summed E-state index contributed by atoms with van der Waals surface area (Å²) in [6.07, 6.45) is -2.13. The molecule has 15 heavy (non-hydrogen) atoms. The number of nitrogens with zero attached hydrogens (tertiary/aromatic N) is 1. The van der Waals surface area contributed by atoms with Gasteiger partial charge in [0.1, 0.15) is 0 Å². The number of aliphatic hydroxyl groups excluding tert-OH is 2. The SMILES string of the molecule is NC(=O)CC(N)C(=O)N1CC(O)C(O)C1. The number of rotatable bonds is 3. The molecule has 0 saturated carbocycles. The number of hydrogen-bond acceptors (Lipinski definition) is 5. The van der Waals surface area contributed by atoms with E-state index in [2.05, 4.69) is 0 Å². The van der Waals surface area contributed by atoms with E-state index >= 15 is 0 Å². The van der Waals surface area contributed by atoms with E-state index in [-0.39, 0.29) is 19.5 Å². The lowest BCUT2D eigenvalue weighted by Gasteiger charge is -2.19. The van der Waals surface area contributed by atoms with E-state index in [1.807, 2.05) is 0 Å². The maximum atomic E-state index is 11.5. The van der Waals surface area contributed by atoms with E-state index in [0.29, 0.717) is 0 Å². The number of nitrogens with two attached hydrogens (primary N) is 2. The van der Waals surface area contributed by atoms with Gasteiger partial charge < -0.3 is 26.6 Å². The average Bonchev–Trinajstić information content (AvgIpc) is 2.44. The zero-order valence-corrected chi connectivity index (χ0v) is 8.17. The Morgan fingerprint density at radius 2 is 1.80 bits per heavy atom. The molecule has 3 unspecified atom stereocenters. The molecule has 0 radical (unpaired) electrons. The third-order valence-corrected chi connectivity index (χ3v) is 2.31. The summed E-state index contributed by atoms with van der Waals surface area (Å²) in [7, 11) is 0. The van der Waals surface area contributed by atoms with Gasteiger partial charge >= 0.3 is 0 Å². The third kappa shape index (κ3) is 2.88. The highest BCUT2D eigenvalue weighted by Crippen LogP contribution is 2.11. The van der Waals surface area contributed by atoms with Crippen LogP contribution in [0.25, 0.3) is 0 Å². The Labute approximate surface area is 86.6 Å². The third-order valence-electron chi connectivity index (χ3n) is 2.31. The molecule has 0 bridgehead atoms. The molecule has 6 N–H and O–H groups in total. The lowest BCUT2D eigenvalue weighted by Crippen LogP contribution is -2.45. The highest BCUT2D eigenvalue weighted by Gasteiger charge is 2.34. The van der Waals surface area contributed by atoms with Gasteiger partial charge in [-0.25, -0.2) is 0 Å². The summed E-state index contributed by atoms with van der Waals surface area (Å²) >= 11 is 0. The number of carbonyl (C=O) groups is 2. The second-order valence-corrected chi connectivity index (χ2v) is 3.65. The Morgan fingerprint density at radius 3 is 2.20 bits per heavy atom. The zero-order chi connectivity index (χ0) is 11.6. The van der Waals surface area contributed by atoms with Crippen LogP contribution in [-0.4, -0.2) is 58.3 Å². The van der Waals surface area contributed by atoms with Gasteiger partial charge in [-0.2, -0.15) is 0 Å². The lowest BCUT2D eigenvalue weighted by molar-refractivity contribution is -0.134. The molecule has 3 atom stereocenters. The smallest absolute Gasteiger partial charge is 0.240 e. The van der Waals surface area contributed by atoms with Crippen molar-refractivity contribution in [3.63, 3.8) is 0 Å². The van der Waals surface area contributed by atoms with Gasteiger partial charge in [-0.3, -0.25) is 9.59 Å². The molecular formula is C8H15N3O4. The van der Waals surface area contributed by atoms with E-state index in [1.165, 1.54) is 4.90 Å². The Bertz CT molecular complexity index is 261. The standard InChI is InChI=1S/C8H15N3O4/c9-4(1-7(10)14)8(15)11-2-5(12)6(13)3-11/h4-6,12-13H,1-3,9H2,(H2,10,14). The van der Waals surface area contributed by atoms with E-state index in [9.17, 15) is 19.8 Å². The van der Waals surface area contributed by atoms with Crippen molar-refractivity contribution in [3.8, 4) is 0 Å². The first kappa shape index (κ1) is 11.9. The van der Waals surface area contributed by atoms with Gasteiger partial charge in [0.15, 0.2) is 0 Å². The molecule has 0 spiro atoms. The van der Waals surface area contributed by atoms with Gasteiger partial charge in [0.2, 0.25) is 11.8 Å². The molecule has 0 aromatic rings. The van der Waals surface area contributed by atoms with E-state index in [0.717, 1.165) is 0 Å². The van der Waals surface area contributed by atoms with Crippen molar-refractivity contribution in [2.75, 3.05) is 13.1 Å². The van der Waals surface area contributed by atoms with E-state index < -0.39 is 30.1 Å². The van der Waals surface area contributed by atoms with Gasteiger partial charge in [0.05, 0.1) is 24.7 Å². The summed E-state index contributed by atoms with van der Waals surface area (Å²) in [5.74, 6) is -1.14. The number of likely N-dealkylation sites (tertiary alicyclic amines) is 1. The first-order valence-electron chi connectivity index (χ1n) is 4.60. The lowest BCUT2D eigenvalue weighted by atomic mass is 10.2. The van der Waals surface area contributed by atoms with Crippen molar-refractivity contribution in [1.29, 1.82) is 0 Å². The van der Waals surface area contributed by atoms with Gasteiger partial charge in [0, 0.05) is 13.1 Å². The molecule has 1 heterocycles. The summed E-state index contributed by atoms with van der Waals surface area (Å²) in [4.78, 5) is 23.3. The van der Waals surface area contributed by atoms with Crippen LogP contribution in [0.3, 0.4) is 0 Å². The second kappa shape index (κ2) is 4.56. The molecule has 1 aliphatic heterocycles. The Balaban J connectivity index is 2.51. The van der Waals surface area contributed by atoms with Crippen LogP contribution in [0.1, 0.15) is 6.42 Å². The van der Waals surface area contributed by atoms with Crippen molar-refractivity contribution in [3.05, 3.63) is 0 Å². The molecular weight excluding hydrogens is 202 g/mol. The van der Waals surface area contributed by atoms with Crippen LogP contribution in [0, 0.1) is 0 Å². The van der Waals surface area contributed by atoms with Gasteiger partial charge in [-0.1, -0.05) is 0 Å². The molecule has 1 rings (SSSR count). The number of hydrogen-bond donors (Lipinski definition) is 4. The second-order valence-electron chi connectivity index (χ2n) is 3.65. The molecule has 0 aromatic heterocycles. The minimum absolute atomic E-state index is 0.0342. The van der Waals surface area contributed by atoms with Crippen LogP contribution in [0.5, 0.6) is 0 Å². The average molecular weight is 217 g/mol. The van der Waals surface area contributed by atoms with E-state index in [1.54, 1.807) is 0 Å². The molecule has 7 nitrogen and oxygen atoms in total. The van der Waals surface area contributed by atoms with Crippen LogP contribution < -0.4 is 11.5 Å². The minimum atomic E-state index is -1.00. The summed E-state index contributed by atoms with van der Waals surface area (Å²) in [6.45, 7) is 0.0684. The fourth-order valence-corrected chi connectivity index (χ4v) is 1.49. The summed E-state index contributed by atoms with van der Waals surface area (Å²) in [5, 5.41) is 18.4. The first-order valence-corrected chi connectivity index (χ1v) is 4.60. The van der Waals surface area contributed by atoms with Crippen LogP contribution in [-0.2, 0) is 9.59 Å². The molecule has 1 saturated heterocycles. The van der Waals surface area contributed by atoms with Crippen molar-refractivity contribution in [2.24, 2.45) is 11.5 Å². The maximum absolute atomic E-state index is 11.5. The highest BCUT2D eigenvalue weighted by molar-refractivity contribution is 5.87. The quantitative estimate of drug-likeness (QED) is 0.394. The fourth-order valence-electron chi connectivity index (χ4n) is 1.49. The Morgan fingerprint density at radius 1 is 1.33 bits per heavy atom. The van der Waals surface area contributed by atoms with Crippen LogP contribution >= 0.6 is 0 Å². The molecule has 0 aliphatic carbocycles. The van der Waals surface area contributed by atoms with Crippen molar-refractivity contribution >= 4 is 11.8 Å². The molecule has 86 valence electrons. The minimum Gasteiger partial charge on any atom is -0.388 e. The molecule has 0 aromatic carbocycles. The van der Waals surface area contributed by atoms with E-state index in [4.69, 9.17) is 11.5 Å². The molecule has 7 heteroatoms. The van der Waals surface area contributed by atoms with Crippen LogP contribution in [0.15, 0.2) is 0 Å². The Hall–Kier alpha value is -1.18. The summed E-state index contributed by atoms with van der Waals surface area (Å²) in [5.41, 5.74) is 10.3. The monoisotopic (exact) mass is 217 g/mol. The predicted molar refractivity (Wildman–Crippen MR) is 50.4 cm³/mol. The van der Waals surface area contributed by atoms with Gasteiger partial charge in [-0.15, -0.1) is 0 Å². The number of primary amides is 1. The summed E-state index contributed by atoms with van der Waals surface area (Å²) in [6, 6.07) is -1.00. The number of carbonyl (C=O) groups excluding carboxylic acids is 2. The molecule has 1 fully saturated rings. The molecule has 1 aliphatic rings. The van der Waals surface area contributed by atoms with Crippen molar-refractivity contribution in [1.82, 2.24) is 4.90 Å². The van der Waals surface area contributed by atoms with Crippen molar-refractivity contribution in [2.45, 2.75) is 24.7 Å². The largest absolute Gasteiger partial charge is 0.388 e. The first-order chi connectivity index (χ1) is 6.91. The van der Waals surface area contributed by atoms with Gasteiger partial charge in [-0.05, 0) is 0 Å². The van der Waals surface area contributed by atoms with Crippen LogP contribution in [0.2, 0.25) is 0 Å². The normalized spacial score (nSPS) is 27.8. The molecule has 2 amide bonds. The van der Waals surface area contributed by atoms with Gasteiger partial charge in [0.25, 0.3) is 0 Å². The topological polar surface area (TPSA) is 130 Å².